The molecule has 0 aliphatic carbocycles. The second-order valence-corrected chi connectivity index (χ2v) is 6.32. The van der Waals surface area contributed by atoms with E-state index in [9.17, 15) is 8.42 Å². The highest BCUT2D eigenvalue weighted by atomic mass is 32.2. The molecule has 4 nitrogen and oxygen atoms in total. The molecule has 5 heteroatoms. The molecule has 1 aromatic carbocycles. The Labute approximate surface area is 109 Å². The van der Waals surface area contributed by atoms with E-state index in [0.717, 1.165) is 12.8 Å². The normalized spacial score (nSPS) is 15.1. The van der Waals surface area contributed by atoms with Crippen molar-refractivity contribution in [1.82, 2.24) is 0 Å². The molecule has 0 spiro atoms. The van der Waals surface area contributed by atoms with E-state index in [1.54, 1.807) is 12.1 Å². The number of hydrogen-bond donors (Lipinski definition) is 0. The summed E-state index contributed by atoms with van der Waals surface area (Å²) >= 11 is 0. The summed E-state index contributed by atoms with van der Waals surface area (Å²) in [5.41, 5.74) is 0.636. The number of sulfonamides is 1. The summed E-state index contributed by atoms with van der Waals surface area (Å²) in [5.74, 6) is 0.797. The molecule has 99 valence electrons. The van der Waals surface area contributed by atoms with Gasteiger partial charge in [-0.05, 0) is 18.6 Å². The summed E-state index contributed by atoms with van der Waals surface area (Å²) in [6.45, 7) is 3.87. The minimum Gasteiger partial charge on any atom is -0.482 e. The first-order valence-corrected chi connectivity index (χ1v) is 7.84. The minimum atomic E-state index is -3.25. The quantitative estimate of drug-likeness (QED) is 0.771. The van der Waals surface area contributed by atoms with Gasteiger partial charge in [0.05, 0.1) is 18.0 Å². The van der Waals surface area contributed by atoms with Crippen molar-refractivity contribution >= 4 is 15.7 Å². The molecule has 0 saturated heterocycles. The molecular weight excluding hydrogens is 250 g/mol. The lowest BCUT2D eigenvalue weighted by molar-refractivity contribution is 0.392. The van der Waals surface area contributed by atoms with E-state index < -0.39 is 10.0 Å². The van der Waals surface area contributed by atoms with Crippen LogP contribution in [0.25, 0.3) is 0 Å². The zero-order valence-corrected chi connectivity index (χ0v) is 11.3. The van der Waals surface area contributed by atoms with Crippen molar-refractivity contribution in [2.24, 2.45) is 0 Å². The Morgan fingerprint density at radius 3 is 2.83 bits per heavy atom. The summed E-state index contributed by atoms with van der Waals surface area (Å²) in [6.07, 6.45) is 2.66. The third kappa shape index (κ3) is 2.77. The van der Waals surface area contributed by atoms with Gasteiger partial charge in [-0.25, -0.2) is 8.42 Å². The van der Waals surface area contributed by atoms with Crippen molar-refractivity contribution in [1.29, 1.82) is 0 Å². The molecule has 0 N–H and O–H groups in total. The van der Waals surface area contributed by atoms with Gasteiger partial charge >= 0.3 is 0 Å². The first kappa shape index (κ1) is 13.2. The number of rotatable bonds is 5. The van der Waals surface area contributed by atoms with E-state index >= 15 is 0 Å². The Morgan fingerprint density at radius 2 is 2.06 bits per heavy atom. The maximum Gasteiger partial charge on any atom is 0.235 e. The molecule has 1 heterocycles. The topological polar surface area (TPSA) is 46.6 Å². The third-order valence-electron chi connectivity index (χ3n) is 2.93. The van der Waals surface area contributed by atoms with E-state index in [4.69, 9.17) is 4.74 Å². The average molecular weight is 268 g/mol. The van der Waals surface area contributed by atoms with Gasteiger partial charge in [-0.2, -0.15) is 0 Å². The summed E-state index contributed by atoms with van der Waals surface area (Å²) < 4.78 is 31.3. The van der Waals surface area contributed by atoms with Gasteiger partial charge in [-0.1, -0.05) is 31.9 Å². The molecule has 0 atom stereocenters. The van der Waals surface area contributed by atoms with Gasteiger partial charge < -0.3 is 4.74 Å². The van der Waals surface area contributed by atoms with Crippen LogP contribution in [0.2, 0.25) is 0 Å². The average Bonchev–Trinajstić information content (AvgIpc) is 2.38. The van der Waals surface area contributed by atoms with Crippen molar-refractivity contribution in [2.75, 3.05) is 16.6 Å². The van der Waals surface area contributed by atoms with E-state index in [2.05, 4.69) is 6.92 Å². The number of hydrogen-bond acceptors (Lipinski definition) is 3. The number of nitrogens with zero attached hydrogens (tertiary/aromatic N) is 1. The van der Waals surface area contributed by atoms with Crippen molar-refractivity contribution in [3.63, 3.8) is 0 Å². The molecule has 1 aromatic rings. The largest absolute Gasteiger partial charge is 0.482 e. The Morgan fingerprint density at radius 1 is 1.28 bits per heavy atom. The maximum atomic E-state index is 12.3. The molecule has 0 saturated carbocycles. The van der Waals surface area contributed by atoms with Crippen LogP contribution in [0.1, 0.15) is 26.2 Å². The Bertz CT molecular complexity index is 499. The third-order valence-corrected chi connectivity index (χ3v) is 4.75. The standard InChI is InChI=1S/C13H18NO3S/c1-2-3-6-11-18(15,16)14-9-10-17-13-8-5-4-7-12(13)14/h4-5,7-8,10H,2-3,6,9,11H2,1H3. The summed E-state index contributed by atoms with van der Waals surface area (Å²) in [7, 11) is -3.25. The highest BCUT2D eigenvalue weighted by Gasteiger charge is 2.27. The highest BCUT2D eigenvalue weighted by Crippen LogP contribution is 2.34. The molecule has 0 bridgehead atoms. The van der Waals surface area contributed by atoms with E-state index in [1.807, 2.05) is 12.1 Å². The second-order valence-electron chi connectivity index (χ2n) is 4.31. The fraction of sp³-hybridized carbons (Fsp3) is 0.462. The SMILES string of the molecule is CCCCCS(=O)(=O)N1C[CH]Oc2ccccc21. The zero-order valence-electron chi connectivity index (χ0n) is 10.5. The molecule has 1 aliphatic heterocycles. The minimum absolute atomic E-state index is 0.197. The van der Waals surface area contributed by atoms with Gasteiger partial charge in [-0.15, -0.1) is 0 Å². The van der Waals surface area contributed by atoms with Gasteiger partial charge in [0.25, 0.3) is 0 Å². The lowest BCUT2D eigenvalue weighted by atomic mass is 10.2. The van der Waals surface area contributed by atoms with Crippen molar-refractivity contribution in [2.45, 2.75) is 26.2 Å². The van der Waals surface area contributed by atoms with Gasteiger partial charge in [0.1, 0.15) is 5.75 Å². The number of anilines is 1. The van der Waals surface area contributed by atoms with Crippen LogP contribution in [0, 0.1) is 6.61 Å². The lowest BCUT2D eigenvalue weighted by Gasteiger charge is -2.29. The fourth-order valence-electron chi connectivity index (χ4n) is 1.96. The van der Waals surface area contributed by atoms with Crippen LogP contribution in [0.3, 0.4) is 0 Å². The van der Waals surface area contributed by atoms with Crippen molar-refractivity contribution < 1.29 is 13.2 Å². The van der Waals surface area contributed by atoms with Gasteiger partial charge in [0.2, 0.25) is 10.0 Å². The molecule has 1 aliphatic rings. The highest BCUT2D eigenvalue weighted by molar-refractivity contribution is 7.92. The van der Waals surface area contributed by atoms with Crippen molar-refractivity contribution in [3.8, 4) is 5.75 Å². The number of benzene rings is 1. The van der Waals surface area contributed by atoms with E-state index in [0.29, 0.717) is 17.9 Å². The Hall–Kier alpha value is -1.23. The number of fused-ring (bicyclic) bond motifs is 1. The Kier molecular flexibility index (Phi) is 4.11. The fourth-order valence-corrected chi connectivity index (χ4v) is 3.49. The first-order chi connectivity index (χ1) is 8.65. The van der Waals surface area contributed by atoms with Crippen LogP contribution in [0.5, 0.6) is 5.75 Å². The van der Waals surface area contributed by atoms with Gasteiger partial charge in [0.15, 0.2) is 6.61 Å². The van der Waals surface area contributed by atoms with Crippen LogP contribution in [-0.2, 0) is 10.0 Å². The van der Waals surface area contributed by atoms with E-state index in [1.165, 1.54) is 10.9 Å². The molecule has 2 rings (SSSR count). The molecule has 0 fully saturated rings. The van der Waals surface area contributed by atoms with Crippen LogP contribution < -0.4 is 9.04 Å². The summed E-state index contributed by atoms with van der Waals surface area (Å²) in [6, 6.07) is 7.21. The lowest BCUT2D eigenvalue weighted by Crippen LogP contribution is -2.37. The summed E-state index contributed by atoms with van der Waals surface area (Å²) in [4.78, 5) is 0. The van der Waals surface area contributed by atoms with Crippen LogP contribution >= 0.6 is 0 Å². The molecule has 1 radical (unpaired) electrons. The number of para-hydroxylation sites is 2. The molecular formula is C13H18NO3S. The second kappa shape index (κ2) is 5.61. The predicted octanol–water partition coefficient (Wildman–Crippen LogP) is 2.57. The Balaban J connectivity index is 2.19. The van der Waals surface area contributed by atoms with Crippen molar-refractivity contribution in [3.05, 3.63) is 30.9 Å². The van der Waals surface area contributed by atoms with Gasteiger partial charge in [0, 0.05) is 0 Å². The zero-order chi connectivity index (χ0) is 13.0. The van der Waals surface area contributed by atoms with Crippen LogP contribution in [0.4, 0.5) is 5.69 Å². The maximum absolute atomic E-state index is 12.3. The molecule has 0 aromatic heterocycles. The summed E-state index contributed by atoms with van der Waals surface area (Å²) in [5, 5.41) is 0. The predicted molar refractivity (Wildman–Crippen MR) is 72.0 cm³/mol. The number of ether oxygens (including phenoxy) is 1. The number of unbranched alkanes of at least 4 members (excludes halogenated alkanes) is 2. The smallest absolute Gasteiger partial charge is 0.235 e. The van der Waals surface area contributed by atoms with Gasteiger partial charge in [-0.3, -0.25) is 4.31 Å². The van der Waals surface area contributed by atoms with Crippen LogP contribution in [-0.4, -0.2) is 20.7 Å². The van der Waals surface area contributed by atoms with E-state index in [-0.39, 0.29) is 12.3 Å². The molecule has 0 unspecified atom stereocenters. The molecule has 18 heavy (non-hydrogen) atoms. The first-order valence-electron chi connectivity index (χ1n) is 6.23. The van der Waals surface area contributed by atoms with Crippen LogP contribution in [0.15, 0.2) is 24.3 Å². The molecule has 0 amide bonds. The monoisotopic (exact) mass is 268 g/mol.